The lowest BCUT2D eigenvalue weighted by Crippen LogP contribution is -2.51. The molecular formula is C25H28N2O3. The number of nitrogens with zero attached hydrogens (tertiary/aromatic N) is 2. The van der Waals surface area contributed by atoms with Gasteiger partial charge in [-0.25, -0.2) is 0 Å². The molecule has 0 saturated carbocycles. The van der Waals surface area contributed by atoms with Crippen LogP contribution in [0.4, 0.5) is 0 Å². The predicted molar refractivity (Wildman–Crippen MR) is 114 cm³/mol. The molecule has 3 saturated heterocycles. The molecule has 0 bridgehead atoms. The van der Waals surface area contributed by atoms with Gasteiger partial charge in [0.15, 0.2) is 5.72 Å². The number of likely N-dealkylation sites (tertiary alicyclic amines) is 1. The summed E-state index contributed by atoms with van der Waals surface area (Å²) < 4.78 is 6.32. The molecule has 3 aliphatic rings. The van der Waals surface area contributed by atoms with E-state index in [0.29, 0.717) is 31.9 Å². The zero-order valence-electron chi connectivity index (χ0n) is 17.5. The molecule has 2 aromatic rings. The summed E-state index contributed by atoms with van der Waals surface area (Å²) in [5, 5.41) is 0. The van der Waals surface area contributed by atoms with Gasteiger partial charge in [0.1, 0.15) is 0 Å². The Morgan fingerprint density at radius 2 is 1.63 bits per heavy atom. The Morgan fingerprint density at radius 1 is 1.03 bits per heavy atom. The highest BCUT2D eigenvalue weighted by atomic mass is 16.5. The van der Waals surface area contributed by atoms with Gasteiger partial charge in [0.25, 0.3) is 0 Å². The maximum absolute atomic E-state index is 13.9. The first-order valence-electron chi connectivity index (χ1n) is 10.9. The van der Waals surface area contributed by atoms with Crippen molar-refractivity contribution in [1.29, 1.82) is 0 Å². The van der Waals surface area contributed by atoms with Gasteiger partial charge < -0.3 is 14.5 Å². The SMILES string of the molecule is CC(C)[C@@H]1CO[C@@]23CCN(C(=O)C(c4ccccc4)c4ccccc4)[C@@H]2CC(=O)N13. The minimum absolute atomic E-state index is 0.0560. The van der Waals surface area contributed by atoms with Gasteiger partial charge in [0.05, 0.1) is 31.0 Å². The van der Waals surface area contributed by atoms with E-state index in [1.54, 1.807) is 0 Å². The smallest absolute Gasteiger partial charge is 0.235 e. The van der Waals surface area contributed by atoms with Crippen LogP contribution in [0.5, 0.6) is 0 Å². The Morgan fingerprint density at radius 3 is 2.20 bits per heavy atom. The van der Waals surface area contributed by atoms with Gasteiger partial charge in [0, 0.05) is 13.0 Å². The first-order chi connectivity index (χ1) is 14.5. The standard InChI is InChI=1S/C25H28N2O3/c1-17(2)20-16-30-25-13-14-26(21(25)15-22(28)27(20)25)24(29)23(18-9-5-3-6-10-18)19-11-7-4-8-12-19/h3-12,17,20-21,23H,13-16H2,1-2H3/t20-,21+,25-/m0/s1. The highest BCUT2D eigenvalue weighted by Gasteiger charge is 2.66. The molecule has 3 aliphatic heterocycles. The van der Waals surface area contributed by atoms with Crippen molar-refractivity contribution in [3.8, 4) is 0 Å². The highest BCUT2D eigenvalue weighted by molar-refractivity contribution is 5.90. The topological polar surface area (TPSA) is 49.9 Å². The molecule has 0 aliphatic carbocycles. The molecule has 5 nitrogen and oxygen atoms in total. The van der Waals surface area contributed by atoms with Gasteiger partial charge in [-0.05, 0) is 17.0 Å². The van der Waals surface area contributed by atoms with Gasteiger partial charge >= 0.3 is 0 Å². The summed E-state index contributed by atoms with van der Waals surface area (Å²) in [7, 11) is 0. The first-order valence-corrected chi connectivity index (χ1v) is 10.9. The number of rotatable bonds is 4. The van der Waals surface area contributed by atoms with Crippen molar-refractivity contribution in [2.24, 2.45) is 5.92 Å². The van der Waals surface area contributed by atoms with Crippen molar-refractivity contribution in [3.63, 3.8) is 0 Å². The van der Waals surface area contributed by atoms with Gasteiger partial charge in [-0.2, -0.15) is 0 Å². The molecule has 2 aromatic carbocycles. The van der Waals surface area contributed by atoms with Crippen LogP contribution in [-0.4, -0.2) is 52.6 Å². The Kier molecular flexibility index (Phi) is 4.66. The maximum atomic E-state index is 13.9. The van der Waals surface area contributed by atoms with E-state index in [-0.39, 0.29) is 29.8 Å². The molecule has 156 valence electrons. The quantitative estimate of drug-likeness (QED) is 0.785. The zero-order valence-corrected chi connectivity index (χ0v) is 17.5. The zero-order chi connectivity index (χ0) is 20.9. The van der Waals surface area contributed by atoms with Crippen molar-refractivity contribution in [2.45, 2.75) is 50.4 Å². The highest BCUT2D eigenvalue weighted by Crippen LogP contribution is 2.49. The second-order valence-electron chi connectivity index (χ2n) is 8.99. The van der Waals surface area contributed by atoms with E-state index >= 15 is 0 Å². The van der Waals surface area contributed by atoms with Crippen molar-refractivity contribution in [1.82, 2.24) is 9.80 Å². The van der Waals surface area contributed by atoms with E-state index in [9.17, 15) is 9.59 Å². The average molecular weight is 405 g/mol. The molecule has 0 radical (unpaired) electrons. The lowest BCUT2D eigenvalue weighted by atomic mass is 9.89. The number of hydrogen-bond donors (Lipinski definition) is 0. The van der Waals surface area contributed by atoms with E-state index in [1.165, 1.54) is 0 Å². The van der Waals surface area contributed by atoms with Crippen LogP contribution in [0.1, 0.15) is 43.7 Å². The molecular weight excluding hydrogens is 376 g/mol. The normalized spacial score (nSPS) is 27.8. The average Bonchev–Trinajstić information content (AvgIpc) is 3.38. The van der Waals surface area contributed by atoms with Crippen LogP contribution in [0, 0.1) is 5.92 Å². The second kappa shape index (κ2) is 7.24. The van der Waals surface area contributed by atoms with Crippen LogP contribution >= 0.6 is 0 Å². The molecule has 2 amide bonds. The summed E-state index contributed by atoms with van der Waals surface area (Å²) in [6.45, 7) is 5.44. The lowest BCUT2D eigenvalue weighted by molar-refractivity contribution is -0.142. The van der Waals surface area contributed by atoms with Crippen molar-refractivity contribution in [3.05, 3.63) is 71.8 Å². The Balaban J connectivity index is 1.50. The molecule has 1 spiro atoms. The van der Waals surface area contributed by atoms with Gasteiger partial charge in [-0.3, -0.25) is 9.59 Å². The van der Waals surface area contributed by atoms with Crippen LogP contribution in [0.15, 0.2) is 60.7 Å². The Hall–Kier alpha value is -2.66. The molecule has 0 N–H and O–H groups in total. The van der Waals surface area contributed by atoms with E-state index in [2.05, 4.69) is 13.8 Å². The molecule has 0 unspecified atom stereocenters. The molecule has 3 heterocycles. The Labute approximate surface area is 177 Å². The number of amides is 2. The molecule has 3 atom stereocenters. The fraction of sp³-hybridized carbons (Fsp3) is 0.440. The van der Waals surface area contributed by atoms with Crippen LogP contribution in [0.3, 0.4) is 0 Å². The summed E-state index contributed by atoms with van der Waals surface area (Å²) >= 11 is 0. The molecule has 3 fully saturated rings. The minimum atomic E-state index is -0.639. The first kappa shape index (κ1) is 19.3. The van der Waals surface area contributed by atoms with Crippen LogP contribution in [0.2, 0.25) is 0 Å². The van der Waals surface area contributed by atoms with Crippen molar-refractivity contribution in [2.75, 3.05) is 13.2 Å². The van der Waals surface area contributed by atoms with Crippen LogP contribution < -0.4 is 0 Å². The minimum Gasteiger partial charge on any atom is -0.351 e. The Bertz CT molecular complexity index is 906. The maximum Gasteiger partial charge on any atom is 0.235 e. The van der Waals surface area contributed by atoms with Crippen molar-refractivity contribution >= 4 is 11.8 Å². The predicted octanol–water partition coefficient (Wildman–Crippen LogP) is 3.40. The second-order valence-corrected chi connectivity index (χ2v) is 8.99. The number of benzene rings is 2. The number of hydrogen-bond acceptors (Lipinski definition) is 3. The van der Waals surface area contributed by atoms with E-state index < -0.39 is 5.72 Å². The van der Waals surface area contributed by atoms with Crippen LogP contribution in [-0.2, 0) is 14.3 Å². The van der Waals surface area contributed by atoms with Crippen LogP contribution in [0.25, 0.3) is 0 Å². The van der Waals surface area contributed by atoms with Gasteiger partial charge in [-0.15, -0.1) is 0 Å². The largest absolute Gasteiger partial charge is 0.351 e. The molecule has 30 heavy (non-hydrogen) atoms. The van der Waals surface area contributed by atoms with Crippen molar-refractivity contribution < 1.29 is 14.3 Å². The fourth-order valence-electron chi connectivity index (χ4n) is 5.57. The number of carbonyl (C=O) groups excluding carboxylic acids is 2. The summed E-state index contributed by atoms with van der Waals surface area (Å²) in [6, 6.07) is 19.7. The molecule has 5 rings (SSSR count). The summed E-state index contributed by atoms with van der Waals surface area (Å²) in [4.78, 5) is 30.8. The third-order valence-electron chi connectivity index (χ3n) is 7.05. The monoisotopic (exact) mass is 404 g/mol. The summed E-state index contributed by atoms with van der Waals surface area (Å²) in [5.74, 6) is 0.123. The lowest BCUT2D eigenvalue weighted by Gasteiger charge is -2.35. The third kappa shape index (κ3) is 2.79. The fourth-order valence-corrected chi connectivity index (χ4v) is 5.57. The molecule has 5 heteroatoms. The summed E-state index contributed by atoms with van der Waals surface area (Å²) in [6.07, 6.45) is 1.04. The molecule has 0 aromatic heterocycles. The third-order valence-corrected chi connectivity index (χ3v) is 7.05. The van der Waals surface area contributed by atoms with E-state index in [0.717, 1.165) is 11.1 Å². The van der Waals surface area contributed by atoms with E-state index in [1.807, 2.05) is 70.5 Å². The van der Waals surface area contributed by atoms with E-state index in [4.69, 9.17) is 4.74 Å². The van der Waals surface area contributed by atoms with Gasteiger partial charge in [0.2, 0.25) is 11.8 Å². The summed E-state index contributed by atoms with van der Waals surface area (Å²) in [5.41, 5.74) is 1.31. The van der Waals surface area contributed by atoms with Gasteiger partial charge in [-0.1, -0.05) is 74.5 Å². The number of carbonyl (C=O) groups is 2. The number of ether oxygens (including phenoxy) is 1.